The molecule has 0 atom stereocenters. The molecule has 0 fully saturated rings. The molecule has 21 heavy (non-hydrogen) atoms. The Labute approximate surface area is 119 Å². The first kappa shape index (κ1) is 14.9. The average molecular weight is 293 g/mol. The SMILES string of the molecule is Cc1cc(=O)n(Cc2cc(F)ccc2F)c(C)c1C(=O)O. The summed E-state index contributed by atoms with van der Waals surface area (Å²) in [7, 11) is 0. The second kappa shape index (κ2) is 5.47. The van der Waals surface area contributed by atoms with Gasteiger partial charge in [0.2, 0.25) is 0 Å². The van der Waals surface area contributed by atoms with Crippen molar-refractivity contribution in [3.05, 3.63) is 68.6 Å². The van der Waals surface area contributed by atoms with Crippen LogP contribution in [0.1, 0.15) is 27.2 Å². The Bertz CT molecular complexity index is 781. The van der Waals surface area contributed by atoms with Crippen LogP contribution < -0.4 is 5.56 Å². The predicted octanol–water partition coefficient (Wildman–Crippen LogP) is 2.49. The second-order valence-electron chi connectivity index (χ2n) is 4.75. The van der Waals surface area contributed by atoms with Gasteiger partial charge in [-0.15, -0.1) is 0 Å². The van der Waals surface area contributed by atoms with Gasteiger partial charge in [0.05, 0.1) is 12.1 Å². The highest BCUT2D eigenvalue weighted by molar-refractivity contribution is 5.90. The minimum atomic E-state index is -1.17. The molecule has 0 unspecified atom stereocenters. The topological polar surface area (TPSA) is 59.3 Å². The number of carbonyl (C=O) groups is 1. The maximum atomic E-state index is 13.7. The van der Waals surface area contributed by atoms with E-state index >= 15 is 0 Å². The lowest BCUT2D eigenvalue weighted by Crippen LogP contribution is -2.26. The normalized spacial score (nSPS) is 10.7. The van der Waals surface area contributed by atoms with Crippen LogP contribution in [0.2, 0.25) is 0 Å². The highest BCUT2D eigenvalue weighted by Crippen LogP contribution is 2.15. The molecule has 0 spiro atoms. The summed E-state index contributed by atoms with van der Waals surface area (Å²) in [6.45, 7) is 2.76. The molecule has 0 saturated carbocycles. The minimum Gasteiger partial charge on any atom is -0.478 e. The fourth-order valence-corrected chi connectivity index (χ4v) is 2.28. The number of aryl methyl sites for hydroxylation is 1. The van der Waals surface area contributed by atoms with Gasteiger partial charge in [0.25, 0.3) is 5.56 Å². The number of nitrogens with zero attached hydrogens (tertiary/aromatic N) is 1. The Hall–Kier alpha value is -2.50. The van der Waals surface area contributed by atoms with Gasteiger partial charge in [-0.05, 0) is 37.6 Å². The summed E-state index contributed by atoms with van der Waals surface area (Å²) >= 11 is 0. The second-order valence-corrected chi connectivity index (χ2v) is 4.75. The first-order valence-corrected chi connectivity index (χ1v) is 6.19. The van der Waals surface area contributed by atoms with Crippen LogP contribution in [0.15, 0.2) is 29.1 Å². The molecule has 110 valence electrons. The van der Waals surface area contributed by atoms with Gasteiger partial charge in [0.1, 0.15) is 11.6 Å². The first-order chi connectivity index (χ1) is 9.81. The van der Waals surface area contributed by atoms with Crippen molar-refractivity contribution in [2.45, 2.75) is 20.4 Å². The third-order valence-corrected chi connectivity index (χ3v) is 3.32. The number of hydrogen-bond donors (Lipinski definition) is 1. The van der Waals surface area contributed by atoms with Crippen LogP contribution in [-0.2, 0) is 6.54 Å². The highest BCUT2D eigenvalue weighted by atomic mass is 19.1. The van der Waals surface area contributed by atoms with Gasteiger partial charge in [-0.3, -0.25) is 4.79 Å². The van der Waals surface area contributed by atoms with Crippen molar-refractivity contribution in [2.24, 2.45) is 0 Å². The van der Waals surface area contributed by atoms with E-state index in [1.807, 2.05) is 0 Å². The third-order valence-electron chi connectivity index (χ3n) is 3.32. The standard InChI is InChI=1S/C15H13F2NO3/c1-8-5-13(19)18(9(2)14(8)15(20)21)7-10-6-11(16)3-4-12(10)17/h3-6H,7H2,1-2H3,(H,20,21). The van der Waals surface area contributed by atoms with E-state index in [1.54, 1.807) is 0 Å². The molecule has 0 aliphatic heterocycles. The zero-order chi connectivity index (χ0) is 15.7. The number of hydrogen-bond acceptors (Lipinski definition) is 2. The minimum absolute atomic E-state index is 0.00795. The van der Waals surface area contributed by atoms with Gasteiger partial charge in [-0.25, -0.2) is 13.6 Å². The molecule has 1 aromatic carbocycles. The lowest BCUT2D eigenvalue weighted by molar-refractivity contribution is 0.0694. The zero-order valence-corrected chi connectivity index (χ0v) is 11.5. The lowest BCUT2D eigenvalue weighted by Gasteiger charge is -2.14. The molecular formula is C15H13F2NO3. The molecular weight excluding hydrogens is 280 g/mol. The van der Waals surface area contributed by atoms with Crippen molar-refractivity contribution in [3.8, 4) is 0 Å². The largest absolute Gasteiger partial charge is 0.478 e. The van der Waals surface area contributed by atoms with E-state index in [0.29, 0.717) is 5.56 Å². The van der Waals surface area contributed by atoms with Crippen molar-refractivity contribution in [1.29, 1.82) is 0 Å². The highest BCUT2D eigenvalue weighted by Gasteiger charge is 2.17. The van der Waals surface area contributed by atoms with Crippen molar-refractivity contribution in [3.63, 3.8) is 0 Å². The molecule has 0 aliphatic rings. The number of aromatic carboxylic acids is 1. The third kappa shape index (κ3) is 2.84. The quantitative estimate of drug-likeness (QED) is 0.946. The van der Waals surface area contributed by atoms with Crippen LogP contribution in [0.25, 0.3) is 0 Å². The summed E-state index contributed by atoms with van der Waals surface area (Å²) in [6, 6.07) is 4.11. The number of aromatic nitrogens is 1. The van der Waals surface area contributed by atoms with E-state index in [0.717, 1.165) is 22.8 Å². The molecule has 0 bridgehead atoms. The Kier molecular flexibility index (Phi) is 3.88. The van der Waals surface area contributed by atoms with E-state index in [1.165, 1.54) is 19.9 Å². The van der Waals surface area contributed by atoms with Gasteiger partial charge in [0.15, 0.2) is 0 Å². The number of rotatable bonds is 3. The van der Waals surface area contributed by atoms with Crippen molar-refractivity contribution < 1.29 is 18.7 Å². The van der Waals surface area contributed by atoms with Crippen LogP contribution in [-0.4, -0.2) is 15.6 Å². The van der Waals surface area contributed by atoms with Gasteiger partial charge in [-0.1, -0.05) is 0 Å². The number of halogens is 2. The molecule has 0 saturated heterocycles. The Morgan fingerprint density at radius 1 is 1.24 bits per heavy atom. The molecule has 1 N–H and O–H groups in total. The van der Waals surface area contributed by atoms with Crippen LogP contribution in [0.5, 0.6) is 0 Å². The summed E-state index contributed by atoms with van der Waals surface area (Å²) in [4.78, 5) is 23.2. The molecule has 0 aliphatic carbocycles. The molecule has 2 rings (SSSR count). The number of benzene rings is 1. The van der Waals surface area contributed by atoms with E-state index < -0.39 is 23.2 Å². The summed E-state index contributed by atoms with van der Waals surface area (Å²) in [5.74, 6) is -2.44. The number of carboxylic acid groups (broad SMARTS) is 1. The lowest BCUT2D eigenvalue weighted by atomic mass is 10.1. The van der Waals surface area contributed by atoms with E-state index in [-0.39, 0.29) is 23.4 Å². The average Bonchev–Trinajstić information content (AvgIpc) is 2.37. The van der Waals surface area contributed by atoms with E-state index in [4.69, 9.17) is 0 Å². The van der Waals surface area contributed by atoms with Crippen molar-refractivity contribution in [2.75, 3.05) is 0 Å². The molecule has 2 aromatic rings. The van der Waals surface area contributed by atoms with Crippen LogP contribution in [0, 0.1) is 25.5 Å². The zero-order valence-electron chi connectivity index (χ0n) is 11.5. The van der Waals surface area contributed by atoms with Gasteiger partial charge >= 0.3 is 5.97 Å². The molecule has 6 heteroatoms. The maximum Gasteiger partial charge on any atom is 0.337 e. The fourth-order valence-electron chi connectivity index (χ4n) is 2.28. The van der Waals surface area contributed by atoms with E-state index in [2.05, 4.69) is 0 Å². The number of pyridine rings is 1. The predicted molar refractivity (Wildman–Crippen MR) is 72.6 cm³/mol. The Balaban J connectivity index is 2.60. The fraction of sp³-hybridized carbons (Fsp3) is 0.200. The van der Waals surface area contributed by atoms with Crippen LogP contribution >= 0.6 is 0 Å². The molecule has 1 aromatic heterocycles. The van der Waals surface area contributed by atoms with Crippen molar-refractivity contribution in [1.82, 2.24) is 4.57 Å². The molecule has 4 nitrogen and oxygen atoms in total. The van der Waals surface area contributed by atoms with Gasteiger partial charge in [0, 0.05) is 17.3 Å². The number of carboxylic acids is 1. The summed E-state index contributed by atoms with van der Waals surface area (Å²) < 4.78 is 28.0. The summed E-state index contributed by atoms with van der Waals surface area (Å²) in [5.41, 5.74) is 0.0580. The maximum absolute atomic E-state index is 13.7. The summed E-state index contributed by atoms with van der Waals surface area (Å²) in [5, 5.41) is 9.18. The van der Waals surface area contributed by atoms with Gasteiger partial charge < -0.3 is 9.67 Å². The van der Waals surface area contributed by atoms with Crippen LogP contribution in [0.3, 0.4) is 0 Å². The Morgan fingerprint density at radius 2 is 1.90 bits per heavy atom. The van der Waals surface area contributed by atoms with Gasteiger partial charge in [-0.2, -0.15) is 0 Å². The van der Waals surface area contributed by atoms with E-state index in [9.17, 15) is 23.5 Å². The molecule has 0 radical (unpaired) electrons. The molecule has 1 heterocycles. The van der Waals surface area contributed by atoms with Crippen LogP contribution in [0.4, 0.5) is 8.78 Å². The monoisotopic (exact) mass is 293 g/mol. The molecule has 0 amide bonds. The smallest absolute Gasteiger partial charge is 0.337 e. The first-order valence-electron chi connectivity index (χ1n) is 6.19. The van der Waals surface area contributed by atoms with Crippen molar-refractivity contribution >= 4 is 5.97 Å². The Morgan fingerprint density at radius 3 is 2.52 bits per heavy atom. The summed E-state index contributed by atoms with van der Waals surface area (Å²) in [6.07, 6.45) is 0.